The van der Waals surface area contributed by atoms with Gasteiger partial charge in [-0.25, -0.2) is 4.98 Å². The number of pyridine rings is 1. The van der Waals surface area contributed by atoms with Crippen LogP contribution in [0.1, 0.15) is 45.4 Å². The van der Waals surface area contributed by atoms with E-state index < -0.39 is 6.10 Å². The lowest BCUT2D eigenvalue weighted by Crippen LogP contribution is -2.43. The molecular formula is C17H27N3O2. The summed E-state index contributed by atoms with van der Waals surface area (Å²) in [7, 11) is 1.88. The molecular weight excluding hydrogens is 278 g/mol. The third-order valence-electron chi connectivity index (χ3n) is 4.47. The predicted octanol–water partition coefficient (Wildman–Crippen LogP) is 2.22. The zero-order valence-electron chi connectivity index (χ0n) is 14.0. The van der Waals surface area contributed by atoms with Gasteiger partial charge in [-0.2, -0.15) is 0 Å². The molecule has 1 fully saturated rings. The van der Waals surface area contributed by atoms with E-state index >= 15 is 0 Å². The van der Waals surface area contributed by atoms with E-state index in [2.05, 4.69) is 9.88 Å². The van der Waals surface area contributed by atoms with Crippen LogP contribution < -0.4 is 4.90 Å². The summed E-state index contributed by atoms with van der Waals surface area (Å²) < 4.78 is 0. The van der Waals surface area contributed by atoms with Crippen LogP contribution in [0.2, 0.25) is 0 Å². The highest BCUT2D eigenvalue weighted by Crippen LogP contribution is 2.24. The molecule has 1 saturated heterocycles. The number of amides is 1. The SMILES string of the molecule is CC(O)c1cccc(N2CCC(C(=O)N(C)C(C)C)CC2)n1. The quantitative estimate of drug-likeness (QED) is 0.926. The highest BCUT2D eigenvalue weighted by atomic mass is 16.3. The van der Waals surface area contributed by atoms with Crippen LogP contribution in [0, 0.1) is 5.92 Å². The number of nitrogens with zero attached hydrogens (tertiary/aromatic N) is 3. The minimum Gasteiger partial charge on any atom is -0.387 e. The first-order valence-electron chi connectivity index (χ1n) is 8.06. The van der Waals surface area contributed by atoms with Crippen molar-refractivity contribution >= 4 is 11.7 Å². The lowest BCUT2D eigenvalue weighted by atomic mass is 9.95. The number of hydrogen-bond acceptors (Lipinski definition) is 4. The van der Waals surface area contributed by atoms with Crippen molar-refractivity contribution in [1.82, 2.24) is 9.88 Å². The van der Waals surface area contributed by atoms with Crippen LogP contribution in [0.25, 0.3) is 0 Å². The number of aliphatic hydroxyl groups excluding tert-OH is 1. The molecule has 0 radical (unpaired) electrons. The summed E-state index contributed by atoms with van der Waals surface area (Å²) >= 11 is 0. The van der Waals surface area contributed by atoms with Crippen molar-refractivity contribution in [3.8, 4) is 0 Å². The Morgan fingerprint density at radius 2 is 1.95 bits per heavy atom. The van der Waals surface area contributed by atoms with E-state index in [9.17, 15) is 9.90 Å². The zero-order chi connectivity index (χ0) is 16.3. The molecule has 1 unspecified atom stereocenters. The zero-order valence-corrected chi connectivity index (χ0v) is 14.0. The van der Waals surface area contributed by atoms with Gasteiger partial charge < -0.3 is 14.9 Å². The molecule has 0 aromatic carbocycles. The number of hydrogen-bond donors (Lipinski definition) is 1. The van der Waals surface area contributed by atoms with Gasteiger partial charge in [0.1, 0.15) is 5.82 Å². The third-order valence-corrected chi connectivity index (χ3v) is 4.47. The standard InChI is InChI=1S/C17H27N3O2/c1-12(2)19(4)17(22)14-8-10-20(11-9-14)16-7-5-6-15(18-16)13(3)21/h5-7,12-14,21H,8-11H2,1-4H3. The summed E-state index contributed by atoms with van der Waals surface area (Å²) in [4.78, 5) is 20.9. The van der Waals surface area contributed by atoms with Gasteiger partial charge in [0.15, 0.2) is 0 Å². The fourth-order valence-electron chi connectivity index (χ4n) is 2.75. The van der Waals surface area contributed by atoms with Gasteiger partial charge in [-0.05, 0) is 45.7 Å². The second-order valence-electron chi connectivity index (χ2n) is 6.40. The lowest BCUT2D eigenvalue weighted by molar-refractivity contribution is -0.136. The molecule has 1 amide bonds. The van der Waals surface area contributed by atoms with Crippen molar-refractivity contribution in [3.05, 3.63) is 23.9 Å². The Labute approximate surface area is 132 Å². The van der Waals surface area contributed by atoms with Gasteiger partial charge in [0, 0.05) is 32.1 Å². The summed E-state index contributed by atoms with van der Waals surface area (Å²) in [5, 5.41) is 9.64. The minimum atomic E-state index is -0.557. The van der Waals surface area contributed by atoms with E-state index in [0.29, 0.717) is 5.69 Å². The highest BCUT2D eigenvalue weighted by Gasteiger charge is 2.28. The molecule has 0 saturated carbocycles. The van der Waals surface area contributed by atoms with Crippen molar-refractivity contribution in [1.29, 1.82) is 0 Å². The van der Waals surface area contributed by atoms with Gasteiger partial charge in [-0.1, -0.05) is 6.07 Å². The van der Waals surface area contributed by atoms with Crippen LogP contribution in [-0.4, -0.2) is 47.1 Å². The van der Waals surface area contributed by atoms with Crippen molar-refractivity contribution in [3.63, 3.8) is 0 Å². The Hall–Kier alpha value is -1.62. The highest BCUT2D eigenvalue weighted by molar-refractivity contribution is 5.79. The molecule has 0 spiro atoms. The van der Waals surface area contributed by atoms with Gasteiger partial charge in [-0.3, -0.25) is 4.79 Å². The number of carbonyl (C=O) groups excluding carboxylic acids is 1. The maximum absolute atomic E-state index is 12.4. The first-order valence-corrected chi connectivity index (χ1v) is 8.06. The molecule has 1 N–H and O–H groups in total. The lowest BCUT2D eigenvalue weighted by Gasteiger charge is -2.35. The molecule has 5 nitrogen and oxygen atoms in total. The fourth-order valence-corrected chi connectivity index (χ4v) is 2.75. The molecule has 1 aliphatic heterocycles. The average Bonchev–Trinajstić information content (AvgIpc) is 2.53. The predicted molar refractivity (Wildman–Crippen MR) is 87.7 cm³/mol. The van der Waals surface area contributed by atoms with Crippen LogP contribution in [0.15, 0.2) is 18.2 Å². The molecule has 122 valence electrons. The molecule has 0 bridgehead atoms. The Kier molecular flexibility index (Phi) is 5.40. The van der Waals surface area contributed by atoms with Crippen LogP contribution in [0.5, 0.6) is 0 Å². The third kappa shape index (κ3) is 3.77. The second kappa shape index (κ2) is 7.09. The van der Waals surface area contributed by atoms with Gasteiger partial charge in [0.2, 0.25) is 5.91 Å². The molecule has 2 rings (SSSR count). The first-order chi connectivity index (χ1) is 10.4. The van der Waals surface area contributed by atoms with Crippen LogP contribution in [-0.2, 0) is 4.79 Å². The van der Waals surface area contributed by atoms with E-state index in [0.717, 1.165) is 31.7 Å². The molecule has 1 aromatic rings. The fraction of sp³-hybridized carbons (Fsp3) is 0.647. The summed E-state index contributed by atoms with van der Waals surface area (Å²) in [6, 6.07) is 5.97. The number of anilines is 1. The summed E-state index contributed by atoms with van der Waals surface area (Å²) in [5.41, 5.74) is 0.690. The second-order valence-corrected chi connectivity index (χ2v) is 6.40. The summed E-state index contributed by atoms with van der Waals surface area (Å²) in [6.07, 6.45) is 1.16. The molecule has 5 heteroatoms. The smallest absolute Gasteiger partial charge is 0.225 e. The van der Waals surface area contributed by atoms with Crippen molar-refractivity contribution in [2.75, 3.05) is 25.0 Å². The average molecular weight is 305 g/mol. The Morgan fingerprint density at radius 1 is 1.32 bits per heavy atom. The topological polar surface area (TPSA) is 56.7 Å². The van der Waals surface area contributed by atoms with Crippen LogP contribution in [0.4, 0.5) is 5.82 Å². The molecule has 1 atom stereocenters. The van der Waals surface area contributed by atoms with Crippen molar-refractivity contribution < 1.29 is 9.90 Å². The number of carbonyl (C=O) groups is 1. The summed E-state index contributed by atoms with van der Waals surface area (Å²) in [5.74, 6) is 1.26. The van der Waals surface area contributed by atoms with Crippen LogP contribution >= 0.6 is 0 Å². The van der Waals surface area contributed by atoms with E-state index in [1.165, 1.54) is 0 Å². The molecule has 0 aliphatic carbocycles. The maximum Gasteiger partial charge on any atom is 0.225 e. The van der Waals surface area contributed by atoms with Gasteiger partial charge in [0.05, 0.1) is 11.8 Å². The molecule has 22 heavy (non-hydrogen) atoms. The van der Waals surface area contributed by atoms with E-state index in [-0.39, 0.29) is 17.9 Å². The Morgan fingerprint density at radius 3 is 2.50 bits per heavy atom. The minimum absolute atomic E-state index is 0.114. The Bertz CT molecular complexity index is 508. The van der Waals surface area contributed by atoms with Gasteiger partial charge in [0.25, 0.3) is 0 Å². The van der Waals surface area contributed by atoms with Gasteiger partial charge in [-0.15, -0.1) is 0 Å². The summed E-state index contributed by atoms with van der Waals surface area (Å²) in [6.45, 7) is 7.47. The van der Waals surface area contributed by atoms with Crippen molar-refractivity contribution in [2.45, 2.75) is 45.8 Å². The molecule has 1 aromatic heterocycles. The van der Waals surface area contributed by atoms with E-state index in [4.69, 9.17) is 0 Å². The van der Waals surface area contributed by atoms with E-state index in [1.807, 2.05) is 44.0 Å². The monoisotopic (exact) mass is 305 g/mol. The number of aliphatic hydroxyl groups is 1. The number of piperidine rings is 1. The number of aromatic nitrogens is 1. The van der Waals surface area contributed by atoms with Crippen LogP contribution in [0.3, 0.4) is 0 Å². The van der Waals surface area contributed by atoms with Gasteiger partial charge >= 0.3 is 0 Å². The Balaban J connectivity index is 1.97. The maximum atomic E-state index is 12.4. The largest absolute Gasteiger partial charge is 0.387 e. The van der Waals surface area contributed by atoms with E-state index in [1.54, 1.807) is 6.92 Å². The van der Waals surface area contributed by atoms with Crippen molar-refractivity contribution in [2.24, 2.45) is 5.92 Å². The molecule has 2 heterocycles. The number of rotatable bonds is 4. The normalized spacial score (nSPS) is 17.6. The molecule has 1 aliphatic rings. The first kappa shape index (κ1) is 16.7.